The summed E-state index contributed by atoms with van der Waals surface area (Å²) in [6.07, 6.45) is 4.85. The number of hydrogen-bond donors (Lipinski definition) is 1. The van der Waals surface area contributed by atoms with Crippen LogP contribution < -0.4 is 10.1 Å². The van der Waals surface area contributed by atoms with Gasteiger partial charge in [0, 0.05) is 17.4 Å². The molecule has 0 fully saturated rings. The van der Waals surface area contributed by atoms with Crippen molar-refractivity contribution in [1.82, 2.24) is 19.6 Å². The third-order valence-electron chi connectivity index (χ3n) is 4.18. The number of nitrogens with zero attached hydrogens (tertiary/aromatic N) is 4. The van der Waals surface area contributed by atoms with Crippen molar-refractivity contribution < 1.29 is 13.9 Å². The summed E-state index contributed by atoms with van der Waals surface area (Å²) in [7, 11) is 0. The van der Waals surface area contributed by atoms with Crippen LogP contribution in [-0.4, -0.2) is 25.5 Å². The molecule has 4 rings (SSSR count). The molecule has 0 bridgehead atoms. The zero-order chi connectivity index (χ0) is 20.9. The standard InChI is InChI=1S/C21H17ClFN5O2/c22-16-4-6-19(7-5-16)30-14-27-9-8-20(26-27)21(29)25-18-11-24-28(13-18)12-15-2-1-3-17(23)10-15/h1-11,13H,12,14H2,(H,25,29). The van der Waals surface area contributed by atoms with Crippen LogP contribution in [0.2, 0.25) is 5.02 Å². The second kappa shape index (κ2) is 8.79. The Bertz CT molecular complexity index is 1160. The van der Waals surface area contributed by atoms with E-state index in [1.54, 1.807) is 53.5 Å². The van der Waals surface area contributed by atoms with E-state index in [0.717, 1.165) is 5.56 Å². The highest BCUT2D eigenvalue weighted by Crippen LogP contribution is 2.16. The van der Waals surface area contributed by atoms with Gasteiger partial charge in [-0.05, 0) is 48.0 Å². The van der Waals surface area contributed by atoms with Gasteiger partial charge in [0.1, 0.15) is 11.6 Å². The normalized spacial score (nSPS) is 10.7. The molecule has 2 aromatic heterocycles. The number of anilines is 1. The second-order valence-electron chi connectivity index (χ2n) is 6.48. The molecule has 7 nitrogen and oxygen atoms in total. The Kier molecular flexibility index (Phi) is 5.76. The molecule has 1 N–H and O–H groups in total. The summed E-state index contributed by atoms with van der Waals surface area (Å²) in [4.78, 5) is 12.4. The highest BCUT2D eigenvalue weighted by atomic mass is 35.5. The number of aromatic nitrogens is 4. The van der Waals surface area contributed by atoms with Gasteiger partial charge in [-0.2, -0.15) is 10.2 Å². The van der Waals surface area contributed by atoms with Gasteiger partial charge in [0.25, 0.3) is 5.91 Å². The van der Waals surface area contributed by atoms with Crippen molar-refractivity contribution in [2.75, 3.05) is 5.32 Å². The van der Waals surface area contributed by atoms with E-state index in [4.69, 9.17) is 16.3 Å². The predicted octanol–water partition coefficient (Wildman–Crippen LogP) is 4.21. The zero-order valence-electron chi connectivity index (χ0n) is 15.7. The highest BCUT2D eigenvalue weighted by molar-refractivity contribution is 6.30. The number of amides is 1. The zero-order valence-corrected chi connectivity index (χ0v) is 16.5. The molecule has 2 aromatic carbocycles. The average molecular weight is 426 g/mol. The van der Waals surface area contributed by atoms with E-state index in [1.165, 1.54) is 23.0 Å². The lowest BCUT2D eigenvalue weighted by Crippen LogP contribution is -2.14. The van der Waals surface area contributed by atoms with Gasteiger partial charge in [0.15, 0.2) is 12.4 Å². The summed E-state index contributed by atoms with van der Waals surface area (Å²) in [5.41, 5.74) is 1.53. The number of halogens is 2. The van der Waals surface area contributed by atoms with E-state index in [1.807, 2.05) is 6.07 Å². The maximum atomic E-state index is 13.3. The largest absolute Gasteiger partial charge is 0.471 e. The van der Waals surface area contributed by atoms with E-state index >= 15 is 0 Å². The second-order valence-corrected chi connectivity index (χ2v) is 6.91. The molecule has 4 aromatic rings. The Morgan fingerprint density at radius 2 is 1.97 bits per heavy atom. The van der Waals surface area contributed by atoms with Crippen LogP contribution in [0.1, 0.15) is 16.1 Å². The highest BCUT2D eigenvalue weighted by Gasteiger charge is 2.11. The van der Waals surface area contributed by atoms with Gasteiger partial charge < -0.3 is 10.1 Å². The lowest BCUT2D eigenvalue weighted by Gasteiger charge is -2.06. The van der Waals surface area contributed by atoms with Gasteiger partial charge >= 0.3 is 0 Å². The van der Waals surface area contributed by atoms with Crippen molar-refractivity contribution in [3.05, 3.63) is 95.3 Å². The first-order valence-corrected chi connectivity index (χ1v) is 9.43. The minimum absolute atomic E-state index is 0.153. The summed E-state index contributed by atoms with van der Waals surface area (Å²) in [5.74, 6) is -0.0269. The Hall–Kier alpha value is -3.65. The number of ether oxygens (including phenoxy) is 1. The Labute approximate surface area is 176 Å². The maximum absolute atomic E-state index is 13.3. The topological polar surface area (TPSA) is 74.0 Å². The first-order chi connectivity index (χ1) is 14.5. The van der Waals surface area contributed by atoms with E-state index in [0.29, 0.717) is 23.0 Å². The van der Waals surface area contributed by atoms with Crippen LogP contribution in [0, 0.1) is 5.82 Å². The van der Waals surface area contributed by atoms with Gasteiger partial charge in [0.05, 0.1) is 18.4 Å². The first-order valence-electron chi connectivity index (χ1n) is 9.05. The van der Waals surface area contributed by atoms with Crippen molar-refractivity contribution >= 4 is 23.2 Å². The number of carbonyl (C=O) groups excluding carboxylic acids is 1. The summed E-state index contributed by atoms with van der Waals surface area (Å²) in [6.45, 7) is 0.546. The molecular weight excluding hydrogens is 409 g/mol. The summed E-state index contributed by atoms with van der Waals surface area (Å²) < 4.78 is 22.0. The monoisotopic (exact) mass is 425 g/mol. The quantitative estimate of drug-likeness (QED) is 0.481. The molecule has 0 aliphatic heterocycles. The van der Waals surface area contributed by atoms with E-state index < -0.39 is 0 Å². The van der Waals surface area contributed by atoms with Crippen molar-refractivity contribution in [3.63, 3.8) is 0 Å². The number of rotatable bonds is 7. The fourth-order valence-corrected chi connectivity index (χ4v) is 2.88. The van der Waals surface area contributed by atoms with Crippen LogP contribution in [0.25, 0.3) is 0 Å². The number of carbonyl (C=O) groups is 1. The fourth-order valence-electron chi connectivity index (χ4n) is 2.76. The van der Waals surface area contributed by atoms with Crippen LogP contribution in [0.4, 0.5) is 10.1 Å². The van der Waals surface area contributed by atoms with Crippen molar-refractivity contribution in [3.8, 4) is 5.75 Å². The van der Waals surface area contributed by atoms with Crippen LogP contribution in [0.5, 0.6) is 5.75 Å². The number of nitrogens with one attached hydrogen (secondary N) is 1. The van der Waals surface area contributed by atoms with Gasteiger partial charge in [-0.25, -0.2) is 9.07 Å². The Balaban J connectivity index is 1.33. The molecule has 1 amide bonds. The van der Waals surface area contributed by atoms with Crippen molar-refractivity contribution in [2.45, 2.75) is 13.3 Å². The third-order valence-corrected chi connectivity index (χ3v) is 4.43. The Morgan fingerprint density at radius 1 is 1.13 bits per heavy atom. The van der Waals surface area contributed by atoms with E-state index in [2.05, 4.69) is 15.5 Å². The molecule has 152 valence electrons. The average Bonchev–Trinajstić information content (AvgIpc) is 3.37. The summed E-state index contributed by atoms with van der Waals surface area (Å²) in [5, 5.41) is 11.8. The Morgan fingerprint density at radius 3 is 2.77 bits per heavy atom. The fraction of sp³-hybridized carbons (Fsp3) is 0.0952. The summed E-state index contributed by atoms with van der Waals surface area (Å²) >= 11 is 5.84. The molecule has 9 heteroatoms. The van der Waals surface area contributed by atoms with Gasteiger partial charge in [-0.1, -0.05) is 23.7 Å². The van der Waals surface area contributed by atoms with Crippen LogP contribution >= 0.6 is 11.6 Å². The molecule has 2 heterocycles. The molecule has 30 heavy (non-hydrogen) atoms. The van der Waals surface area contributed by atoms with Crippen molar-refractivity contribution in [1.29, 1.82) is 0 Å². The molecule has 0 saturated carbocycles. The minimum Gasteiger partial charge on any atom is -0.471 e. The predicted molar refractivity (Wildman–Crippen MR) is 110 cm³/mol. The summed E-state index contributed by atoms with van der Waals surface area (Å²) in [6, 6.07) is 14.8. The number of hydrogen-bond acceptors (Lipinski definition) is 4. The van der Waals surface area contributed by atoms with E-state index in [9.17, 15) is 9.18 Å². The maximum Gasteiger partial charge on any atom is 0.276 e. The molecule has 0 spiro atoms. The molecule has 0 radical (unpaired) electrons. The van der Waals surface area contributed by atoms with E-state index in [-0.39, 0.29) is 24.1 Å². The molecule has 0 aliphatic rings. The van der Waals surface area contributed by atoms with Crippen molar-refractivity contribution in [2.24, 2.45) is 0 Å². The molecule has 0 atom stereocenters. The molecule has 0 aliphatic carbocycles. The lowest BCUT2D eigenvalue weighted by molar-refractivity contribution is 0.102. The van der Waals surface area contributed by atoms with Crippen LogP contribution in [0.15, 0.2) is 73.2 Å². The molecular formula is C21H17ClFN5O2. The minimum atomic E-state index is -0.370. The lowest BCUT2D eigenvalue weighted by atomic mass is 10.2. The van der Waals surface area contributed by atoms with Crippen LogP contribution in [0.3, 0.4) is 0 Å². The van der Waals surface area contributed by atoms with Gasteiger partial charge in [0.2, 0.25) is 0 Å². The van der Waals surface area contributed by atoms with Gasteiger partial charge in [-0.3, -0.25) is 9.48 Å². The SMILES string of the molecule is O=C(Nc1cnn(Cc2cccc(F)c2)c1)c1ccn(COc2ccc(Cl)cc2)n1. The molecule has 0 saturated heterocycles. The van der Waals surface area contributed by atoms with Crippen LogP contribution in [-0.2, 0) is 13.3 Å². The molecule has 0 unspecified atom stereocenters. The smallest absolute Gasteiger partial charge is 0.276 e. The number of benzene rings is 2. The third kappa shape index (κ3) is 5.03. The first kappa shape index (κ1) is 19.7. The van der Waals surface area contributed by atoms with Gasteiger partial charge in [-0.15, -0.1) is 0 Å².